The fourth-order valence-electron chi connectivity index (χ4n) is 3.40. The number of alkyl carbamates (subject to hydrolysis) is 1. The second-order valence-electron chi connectivity index (χ2n) is 8.65. The summed E-state index contributed by atoms with van der Waals surface area (Å²) in [5, 5.41) is 5.89. The topological polar surface area (TPSA) is 67.4 Å². The summed E-state index contributed by atoms with van der Waals surface area (Å²) in [6.07, 6.45) is -0.271. The zero-order valence-corrected chi connectivity index (χ0v) is 18.7. The van der Waals surface area contributed by atoms with Gasteiger partial charge < -0.3 is 15.4 Å². The quantitative estimate of drug-likeness (QED) is 0.553. The molecule has 2 N–H and O–H groups in total. The van der Waals surface area contributed by atoms with Crippen molar-refractivity contribution >= 4 is 12.0 Å². The number of hydrogen-bond acceptors (Lipinski definition) is 3. The highest BCUT2D eigenvalue weighted by molar-refractivity contribution is 5.86. The first-order chi connectivity index (χ1) is 15.3. The van der Waals surface area contributed by atoms with Gasteiger partial charge >= 0.3 is 6.09 Å². The van der Waals surface area contributed by atoms with Crippen molar-refractivity contribution in [2.24, 2.45) is 0 Å². The van der Waals surface area contributed by atoms with Crippen molar-refractivity contribution in [1.82, 2.24) is 10.6 Å². The summed E-state index contributed by atoms with van der Waals surface area (Å²) >= 11 is 0. The third kappa shape index (κ3) is 6.98. The van der Waals surface area contributed by atoms with Crippen LogP contribution in [0.15, 0.2) is 91.0 Å². The monoisotopic (exact) mass is 430 g/mol. The van der Waals surface area contributed by atoms with E-state index in [1.165, 1.54) is 0 Å². The highest BCUT2D eigenvalue weighted by atomic mass is 16.6. The summed E-state index contributed by atoms with van der Waals surface area (Å²) in [7, 11) is 0. The van der Waals surface area contributed by atoms with Crippen molar-refractivity contribution in [2.45, 2.75) is 44.9 Å². The summed E-state index contributed by atoms with van der Waals surface area (Å²) in [5.41, 5.74) is 2.21. The van der Waals surface area contributed by atoms with Crippen LogP contribution >= 0.6 is 0 Å². The lowest BCUT2D eigenvalue weighted by molar-refractivity contribution is -0.123. The minimum Gasteiger partial charge on any atom is -0.444 e. The van der Waals surface area contributed by atoms with Crippen LogP contribution in [-0.4, -0.2) is 23.6 Å². The van der Waals surface area contributed by atoms with Crippen molar-refractivity contribution in [3.8, 4) is 0 Å². The maximum Gasteiger partial charge on any atom is 0.408 e. The highest BCUT2D eigenvalue weighted by Crippen LogP contribution is 2.22. The predicted molar refractivity (Wildman–Crippen MR) is 126 cm³/mol. The van der Waals surface area contributed by atoms with Crippen LogP contribution in [0.3, 0.4) is 0 Å². The lowest BCUT2D eigenvalue weighted by Gasteiger charge is -2.26. The molecule has 166 valence electrons. The van der Waals surface area contributed by atoms with Gasteiger partial charge in [-0.25, -0.2) is 4.79 Å². The Morgan fingerprint density at radius 3 is 1.69 bits per heavy atom. The molecule has 0 aliphatic heterocycles. The van der Waals surface area contributed by atoms with Crippen LogP contribution in [0.25, 0.3) is 0 Å². The normalized spacial score (nSPS) is 12.1. The SMILES string of the molecule is CC(C)(C)OC(=O)N[C@@H](Cc1ccccc1)C(=O)NC(c1ccccc1)c1ccccc1. The molecule has 1 atom stereocenters. The van der Waals surface area contributed by atoms with Gasteiger partial charge in [-0.1, -0.05) is 91.0 Å². The molecule has 0 spiro atoms. The molecule has 3 aromatic rings. The molecule has 0 aliphatic carbocycles. The van der Waals surface area contributed by atoms with E-state index in [2.05, 4.69) is 10.6 Å². The number of carbonyl (C=O) groups excluding carboxylic acids is 2. The van der Waals surface area contributed by atoms with Gasteiger partial charge in [-0.2, -0.15) is 0 Å². The summed E-state index contributed by atoms with van der Waals surface area (Å²) in [5.74, 6) is -0.280. The molecule has 0 radical (unpaired) electrons. The van der Waals surface area contributed by atoms with Gasteiger partial charge in [0, 0.05) is 6.42 Å². The van der Waals surface area contributed by atoms with Gasteiger partial charge in [0.2, 0.25) is 5.91 Å². The highest BCUT2D eigenvalue weighted by Gasteiger charge is 2.27. The van der Waals surface area contributed by atoms with E-state index in [-0.39, 0.29) is 11.9 Å². The van der Waals surface area contributed by atoms with E-state index < -0.39 is 17.7 Å². The van der Waals surface area contributed by atoms with Gasteiger partial charge in [0.15, 0.2) is 0 Å². The smallest absolute Gasteiger partial charge is 0.408 e. The summed E-state index contributed by atoms with van der Waals surface area (Å²) in [4.78, 5) is 25.9. The maximum atomic E-state index is 13.4. The molecule has 5 nitrogen and oxygen atoms in total. The molecule has 0 unspecified atom stereocenters. The lowest BCUT2D eigenvalue weighted by atomic mass is 9.97. The maximum absolute atomic E-state index is 13.4. The second kappa shape index (κ2) is 10.6. The molecule has 0 aliphatic rings. The van der Waals surface area contributed by atoms with E-state index in [0.717, 1.165) is 16.7 Å². The summed E-state index contributed by atoms with van der Waals surface area (Å²) < 4.78 is 5.40. The Balaban J connectivity index is 1.85. The van der Waals surface area contributed by atoms with Crippen molar-refractivity contribution in [2.75, 3.05) is 0 Å². The molecule has 3 aromatic carbocycles. The minimum absolute atomic E-state index is 0.280. The molecule has 32 heavy (non-hydrogen) atoms. The molecule has 2 amide bonds. The third-order valence-electron chi connectivity index (χ3n) is 4.84. The zero-order chi connectivity index (χ0) is 23.0. The van der Waals surface area contributed by atoms with Crippen molar-refractivity contribution in [3.05, 3.63) is 108 Å². The van der Waals surface area contributed by atoms with Crippen molar-refractivity contribution in [3.63, 3.8) is 0 Å². The van der Waals surface area contributed by atoms with Crippen LogP contribution in [-0.2, 0) is 16.0 Å². The van der Waals surface area contributed by atoms with Crippen LogP contribution in [0.5, 0.6) is 0 Å². The van der Waals surface area contributed by atoms with Crippen LogP contribution in [0.4, 0.5) is 4.79 Å². The van der Waals surface area contributed by atoms with Crippen LogP contribution in [0.1, 0.15) is 43.5 Å². The Kier molecular flexibility index (Phi) is 7.66. The Labute approximate surface area is 189 Å². The first-order valence-corrected chi connectivity index (χ1v) is 10.8. The van der Waals surface area contributed by atoms with Gasteiger partial charge in [-0.3, -0.25) is 4.79 Å². The Hall–Kier alpha value is -3.60. The first kappa shape index (κ1) is 23.1. The van der Waals surface area contributed by atoms with E-state index in [1.54, 1.807) is 20.8 Å². The standard InChI is InChI=1S/C27H30N2O3/c1-27(2,3)32-26(31)28-23(19-20-13-7-4-8-14-20)25(30)29-24(21-15-9-5-10-16-21)22-17-11-6-12-18-22/h4-18,23-24H,19H2,1-3H3,(H,28,31)(H,29,30)/t23-/m0/s1. The number of benzene rings is 3. The summed E-state index contributed by atoms with van der Waals surface area (Å²) in [6, 6.07) is 28.0. The average Bonchev–Trinajstić information content (AvgIpc) is 2.77. The number of amides is 2. The van der Waals surface area contributed by atoms with Crippen molar-refractivity contribution < 1.29 is 14.3 Å². The number of hydrogen-bond donors (Lipinski definition) is 2. The van der Waals surface area contributed by atoms with E-state index in [1.807, 2.05) is 91.0 Å². The zero-order valence-electron chi connectivity index (χ0n) is 18.7. The first-order valence-electron chi connectivity index (χ1n) is 10.8. The fraction of sp³-hybridized carbons (Fsp3) is 0.259. The van der Waals surface area contributed by atoms with Gasteiger partial charge in [-0.05, 0) is 37.5 Å². The molecular formula is C27H30N2O3. The molecule has 0 saturated heterocycles. The van der Waals surface area contributed by atoms with Crippen LogP contribution < -0.4 is 10.6 Å². The Bertz CT molecular complexity index is 960. The van der Waals surface area contributed by atoms with Crippen molar-refractivity contribution in [1.29, 1.82) is 0 Å². The number of ether oxygens (including phenoxy) is 1. The molecule has 0 aromatic heterocycles. The van der Waals surface area contributed by atoms with E-state index in [9.17, 15) is 9.59 Å². The molecule has 0 saturated carbocycles. The van der Waals surface area contributed by atoms with Gasteiger partial charge in [0.1, 0.15) is 11.6 Å². The van der Waals surface area contributed by atoms with E-state index >= 15 is 0 Å². The fourth-order valence-corrected chi connectivity index (χ4v) is 3.40. The average molecular weight is 431 g/mol. The molecule has 5 heteroatoms. The minimum atomic E-state index is -0.790. The van der Waals surface area contributed by atoms with E-state index in [0.29, 0.717) is 6.42 Å². The Morgan fingerprint density at radius 2 is 1.22 bits per heavy atom. The predicted octanol–water partition coefficient (Wildman–Crippen LogP) is 5.03. The van der Waals surface area contributed by atoms with Gasteiger partial charge in [-0.15, -0.1) is 0 Å². The van der Waals surface area contributed by atoms with Gasteiger partial charge in [0.05, 0.1) is 6.04 Å². The number of rotatable bonds is 7. The Morgan fingerprint density at radius 1 is 0.750 bits per heavy atom. The largest absolute Gasteiger partial charge is 0.444 e. The molecule has 0 fully saturated rings. The molecule has 3 rings (SSSR count). The van der Waals surface area contributed by atoms with E-state index in [4.69, 9.17) is 4.74 Å². The molecule has 0 heterocycles. The number of nitrogens with one attached hydrogen (secondary N) is 2. The lowest BCUT2D eigenvalue weighted by Crippen LogP contribution is -2.50. The third-order valence-corrected chi connectivity index (χ3v) is 4.84. The van der Waals surface area contributed by atoms with Gasteiger partial charge in [0.25, 0.3) is 0 Å². The van der Waals surface area contributed by atoms with Crippen LogP contribution in [0, 0.1) is 0 Å². The number of carbonyl (C=O) groups is 2. The molecular weight excluding hydrogens is 400 g/mol. The molecule has 0 bridgehead atoms. The van der Waals surface area contributed by atoms with Crippen LogP contribution in [0.2, 0.25) is 0 Å². The summed E-state index contributed by atoms with van der Waals surface area (Å²) in [6.45, 7) is 5.37. The second-order valence-corrected chi connectivity index (χ2v) is 8.65.